The van der Waals surface area contributed by atoms with Crippen molar-refractivity contribution >= 4 is 23.4 Å². The Balaban J connectivity index is 1.40. The Labute approximate surface area is 157 Å². The third-order valence-electron chi connectivity index (χ3n) is 4.94. The standard InChI is InChI=1S/C20H20N4O3/c1-13-3-2-4-17(21-13)20(27)24-9-7-23(8-10-24)19(26)14-5-6-16-15(11-14)12-18(25)22-16/h2-6,11H,7-10,12H2,1H3,(H,22,25). The predicted molar refractivity (Wildman–Crippen MR) is 99.6 cm³/mol. The molecule has 4 rings (SSSR count). The molecule has 1 aromatic carbocycles. The molecule has 2 aliphatic rings. The molecule has 2 aliphatic heterocycles. The lowest BCUT2D eigenvalue weighted by Gasteiger charge is -2.34. The highest BCUT2D eigenvalue weighted by Gasteiger charge is 2.27. The van der Waals surface area contributed by atoms with Gasteiger partial charge in [-0.25, -0.2) is 4.98 Å². The van der Waals surface area contributed by atoms with E-state index in [2.05, 4.69) is 10.3 Å². The van der Waals surface area contributed by atoms with Gasteiger partial charge in [-0.3, -0.25) is 14.4 Å². The quantitative estimate of drug-likeness (QED) is 0.875. The van der Waals surface area contributed by atoms with Crippen LogP contribution in [0.3, 0.4) is 0 Å². The number of nitrogens with zero attached hydrogens (tertiary/aromatic N) is 3. The van der Waals surface area contributed by atoms with Crippen LogP contribution in [0.15, 0.2) is 36.4 Å². The molecule has 2 aromatic rings. The molecule has 7 nitrogen and oxygen atoms in total. The first kappa shape index (κ1) is 17.2. The molecule has 7 heteroatoms. The summed E-state index contributed by atoms with van der Waals surface area (Å²) in [7, 11) is 0. The minimum Gasteiger partial charge on any atom is -0.335 e. The SMILES string of the molecule is Cc1cccc(C(=O)N2CCN(C(=O)c3ccc4c(c3)CC(=O)N4)CC2)n1. The summed E-state index contributed by atoms with van der Waals surface area (Å²) in [5, 5.41) is 2.77. The summed E-state index contributed by atoms with van der Waals surface area (Å²) < 4.78 is 0. The maximum Gasteiger partial charge on any atom is 0.272 e. The summed E-state index contributed by atoms with van der Waals surface area (Å²) in [5.41, 5.74) is 3.44. The Morgan fingerprint density at radius 3 is 2.41 bits per heavy atom. The number of fused-ring (bicyclic) bond motifs is 1. The third-order valence-corrected chi connectivity index (χ3v) is 4.94. The highest BCUT2D eigenvalue weighted by molar-refractivity contribution is 6.01. The molecule has 0 unspecified atom stereocenters. The number of piperazine rings is 1. The van der Waals surface area contributed by atoms with E-state index in [-0.39, 0.29) is 17.7 Å². The Morgan fingerprint density at radius 1 is 1.00 bits per heavy atom. The van der Waals surface area contributed by atoms with Crippen LogP contribution >= 0.6 is 0 Å². The summed E-state index contributed by atoms with van der Waals surface area (Å²) >= 11 is 0. The van der Waals surface area contributed by atoms with Gasteiger partial charge < -0.3 is 15.1 Å². The molecule has 0 bridgehead atoms. The number of amides is 3. The maximum absolute atomic E-state index is 12.8. The number of anilines is 1. The fourth-order valence-electron chi connectivity index (χ4n) is 3.48. The first-order valence-electron chi connectivity index (χ1n) is 8.96. The highest BCUT2D eigenvalue weighted by atomic mass is 16.2. The van der Waals surface area contributed by atoms with E-state index in [4.69, 9.17) is 0 Å². The van der Waals surface area contributed by atoms with Crippen molar-refractivity contribution in [1.29, 1.82) is 0 Å². The zero-order valence-electron chi connectivity index (χ0n) is 15.1. The van der Waals surface area contributed by atoms with E-state index < -0.39 is 0 Å². The van der Waals surface area contributed by atoms with Crippen LogP contribution in [0, 0.1) is 6.92 Å². The summed E-state index contributed by atoms with van der Waals surface area (Å²) in [6.07, 6.45) is 0.308. The van der Waals surface area contributed by atoms with Crippen molar-refractivity contribution in [1.82, 2.24) is 14.8 Å². The maximum atomic E-state index is 12.8. The fraction of sp³-hybridized carbons (Fsp3) is 0.300. The van der Waals surface area contributed by atoms with Crippen LogP contribution in [0.5, 0.6) is 0 Å². The molecule has 3 amide bonds. The normalized spacial score (nSPS) is 16.1. The van der Waals surface area contributed by atoms with Gasteiger partial charge >= 0.3 is 0 Å². The van der Waals surface area contributed by atoms with Crippen molar-refractivity contribution in [3.63, 3.8) is 0 Å². The second-order valence-corrected chi connectivity index (χ2v) is 6.85. The largest absolute Gasteiger partial charge is 0.335 e. The van der Waals surface area contributed by atoms with Crippen molar-refractivity contribution in [2.45, 2.75) is 13.3 Å². The van der Waals surface area contributed by atoms with Gasteiger partial charge in [-0.15, -0.1) is 0 Å². The van der Waals surface area contributed by atoms with Crippen molar-refractivity contribution in [3.8, 4) is 0 Å². The molecule has 3 heterocycles. The highest BCUT2D eigenvalue weighted by Crippen LogP contribution is 2.24. The number of carbonyl (C=O) groups excluding carboxylic acids is 3. The van der Waals surface area contributed by atoms with Crippen LogP contribution in [0.2, 0.25) is 0 Å². The van der Waals surface area contributed by atoms with E-state index in [0.29, 0.717) is 43.9 Å². The lowest BCUT2D eigenvalue weighted by molar-refractivity contribution is -0.115. The second-order valence-electron chi connectivity index (χ2n) is 6.85. The predicted octanol–water partition coefficient (Wildman–Crippen LogP) is 1.48. The van der Waals surface area contributed by atoms with Crippen LogP contribution in [-0.4, -0.2) is 58.7 Å². The number of hydrogen-bond acceptors (Lipinski definition) is 4. The Kier molecular flexibility index (Phi) is 4.35. The van der Waals surface area contributed by atoms with E-state index in [1.54, 1.807) is 34.1 Å². The van der Waals surface area contributed by atoms with Crippen LogP contribution < -0.4 is 5.32 Å². The van der Waals surface area contributed by atoms with E-state index in [0.717, 1.165) is 16.9 Å². The average molecular weight is 364 g/mol. The number of pyridine rings is 1. The molecular weight excluding hydrogens is 344 g/mol. The molecule has 27 heavy (non-hydrogen) atoms. The summed E-state index contributed by atoms with van der Waals surface area (Å²) in [6.45, 7) is 3.76. The van der Waals surface area contributed by atoms with Gasteiger partial charge in [0.05, 0.1) is 6.42 Å². The Hall–Kier alpha value is -3.22. The molecule has 138 valence electrons. The van der Waals surface area contributed by atoms with Crippen molar-refractivity contribution < 1.29 is 14.4 Å². The van der Waals surface area contributed by atoms with Crippen LogP contribution in [-0.2, 0) is 11.2 Å². The first-order valence-corrected chi connectivity index (χ1v) is 8.96. The second kappa shape index (κ2) is 6.83. The van der Waals surface area contributed by atoms with Crippen molar-refractivity contribution in [2.24, 2.45) is 0 Å². The molecule has 0 spiro atoms. The molecule has 0 aliphatic carbocycles. The van der Waals surface area contributed by atoms with E-state index in [1.807, 2.05) is 19.1 Å². The van der Waals surface area contributed by atoms with Crippen LogP contribution in [0.1, 0.15) is 32.1 Å². The van der Waals surface area contributed by atoms with E-state index in [9.17, 15) is 14.4 Å². The third kappa shape index (κ3) is 3.40. The minimum atomic E-state index is -0.104. The number of carbonyl (C=O) groups is 3. The van der Waals surface area contributed by atoms with Crippen LogP contribution in [0.4, 0.5) is 5.69 Å². The summed E-state index contributed by atoms with van der Waals surface area (Å²) in [5.74, 6) is -0.225. The Bertz CT molecular complexity index is 933. The summed E-state index contributed by atoms with van der Waals surface area (Å²) in [6, 6.07) is 10.7. The number of rotatable bonds is 2. The van der Waals surface area contributed by atoms with E-state index in [1.165, 1.54) is 0 Å². The lowest BCUT2D eigenvalue weighted by Crippen LogP contribution is -2.50. The van der Waals surface area contributed by atoms with E-state index >= 15 is 0 Å². The molecule has 0 atom stereocenters. The number of aryl methyl sites for hydroxylation is 1. The first-order chi connectivity index (χ1) is 13.0. The van der Waals surface area contributed by atoms with Gasteiger partial charge in [-0.1, -0.05) is 6.07 Å². The molecule has 1 aromatic heterocycles. The number of hydrogen-bond donors (Lipinski definition) is 1. The number of benzene rings is 1. The van der Waals surface area contributed by atoms with Gasteiger partial charge in [0, 0.05) is 43.1 Å². The molecule has 0 radical (unpaired) electrons. The monoisotopic (exact) mass is 364 g/mol. The van der Waals surface area contributed by atoms with Crippen molar-refractivity contribution in [3.05, 3.63) is 58.9 Å². The lowest BCUT2D eigenvalue weighted by atomic mass is 10.1. The summed E-state index contributed by atoms with van der Waals surface area (Å²) in [4.78, 5) is 44.6. The van der Waals surface area contributed by atoms with Gasteiger partial charge in [-0.05, 0) is 42.8 Å². The topological polar surface area (TPSA) is 82.6 Å². The molecule has 1 N–H and O–H groups in total. The molecule has 1 fully saturated rings. The zero-order chi connectivity index (χ0) is 19.0. The average Bonchev–Trinajstić information content (AvgIpc) is 3.06. The van der Waals surface area contributed by atoms with Crippen LogP contribution in [0.25, 0.3) is 0 Å². The van der Waals surface area contributed by atoms with Gasteiger partial charge in [0.25, 0.3) is 11.8 Å². The van der Waals surface area contributed by atoms with Crippen molar-refractivity contribution in [2.75, 3.05) is 31.5 Å². The molecule has 0 saturated carbocycles. The van der Waals surface area contributed by atoms with Gasteiger partial charge in [-0.2, -0.15) is 0 Å². The van der Waals surface area contributed by atoms with Gasteiger partial charge in [0.1, 0.15) is 5.69 Å². The zero-order valence-corrected chi connectivity index (χ0v) is 15.1. The molecule has 1 saturated heterocycles. The van der Waals surface area contributed by atoms with Gasteiger partial charge in [0.15, 0.2) is 0 Å². The number of aromatic nitrogens is 1. The molecular formula is C20H20N4O3. The fourth-order valence-corrected chi connectivity index (χ4v) is 3.48. The minimum absolute atomic E-state index is 0.0496. The Morgan fingerprint density at radius 2 is 1.70 bits per heavy atom. The van der Waals surface area contributed by atoms with Gasteiger partial charge in [0.2, 0.25) is 5.91 Å². The smallest absolute Gasteiger partial charge is 0.272 e. The number of nitrogens with one attached hydrogen (secondary N) is 1.